The standard InChI is InChI=1S/C12H14BrN3O/c1-15(6-2-5-14)12(17)11-7-9(13)8-16(11)10-3-4-10/h7-8,10H,2-4,6H2,1H3. The molecule has 0 bridgehead atoms. The Morgan fingerprint density at radius 3 is 3.00 bits per heavy atom. The van der Waals surface area contributed by atoms with Crippen LogP contribution in [-0.2, 0) is 0 Å². The maximum atomic E-state index is 12.2. The maximum absolute atomic E-state index is 12.2. The first kappa shape index (κ1) is 12.2. The minimum absolute atomic E-state index is 0.0159. The normalized spacial score (nSPS) is 14.4. The van der Waals surface area contributed by atoms with Crippen LogP contribution in [0.5, 0.6) is 0 Å². The molecule has 0 aromatic carbocycles. The molecule has 1 amide bonds. The molecule has 2 rings (SSSR count). The van der Waals surface area contributed by atoms with Gasteiger partial charge in [-0.05, 0) is 34.8 Å². The monoisotopic (exact) mass is 295 g/mol. The minimum Gasteiger partial charge on any atom is -0.339 e. The van der Waals surface area contributed by atoms with Crippen molar-refractivity contribution < 1.29 is 4.79 Å². The van der Waals surface area contributed by atoms with E-state index in [1.807, 2.05) is 22.9 Å². The summed E-state index contributed by atoms with van der Waals surface area (Å²) < 4.78 is 2.97. The Balaban J connectivity index is 2.15. The van der Waals surface area contributed by atoms with Crippen LogP contribution < -0.4 is 0 Å². The Labute approximate surface area is 109 Å². The highest BCUT2D eigenvalue weighted by Crippen LogP contribution is 2.37. The number of rotatable bonds is 4. The minimum atomic E-state index is -0.0159. The van der Waals surface area contributed by atoms with E-state index in [0.717, 1.165) is 17.3 Å². The number of nitrogens with zero attached hydrogens (tertiary/aromatic N) is 3. The molecule has 0 saturated heterocycles. The number of carbonyl (C=O) groups excluding carboxylic acids is 1. The van der Waals surface area contributed by atoms with Crippen LogP contribution in [0.15, 0.2) is 16.7 Å². The van der Waals surface area contributed by atoms with Gasteiger partial charge in [-0.3, -0.25) is 4.79 Å². The van der Waals surface area contributed by atoms with Gasteiger partial charge in [0, 0.05) is 30.3 Å². The Morgan fingerprint density at radius 1 is 1.71 bits per heavy atom. The molecule has 0 unspecified atom stereocenters. The van der Waals surface area contributed by atoms with E-state index in [2.05, 4.69) is 15.9 Å². The largest absolute Gasteiger partial charge is 0.339 e. The van der Waals surface area contributed by atoms with Crippen molar-refractivity contribution in [1.82, 2.24) is 9.47 Å². The van der Waals surface area contributed by atoms with E-state index in [4.69, 9.17) is 5.26 Å². The van der Waals surface area contributed by atoms with Gasteiger partial charge >= 0.3 is 0 Å². The van der Waals surface area contributed by atoms with Crippen molar-refractivity contribution in [3.05, 3.63) is 22.4 Å². The molecule has 1 aromatic heterocycles. The summed E-state index contributed by atoms with van der Waals surface area (Å²) in [5.74, 6) is -0.0159. The SMILES string of the molecule is CN(CCC#N)C(=O)c1cc(Br)cn1C1CC1. The molecule has 0 atom stereocenters. The summed E-state index contributed by atoms with van der Waals surface area (Å²) in [4.78, 5) is 13.8. The summed E-state index contributed by atoms with van der Waals surface area (Å²) in [6.07, 6.45) is 4.61. The Morgan fingerprint density at radius 2 is 2.41 bits per heavy atom. The van der Waals surface area contributed by atoms with Crippen molar-refractivity contribution in [3.8, 4) is 6.07 Å². The first-order valence-corrected chi connectivity index (χ1v) is 6.42. The van der Waals surface area contributed by atoms with Gasteiger partial charge in [0.2, 0.25) is 0 Å². The van der Waals surface area contributed by atoms with Crippen molar-refractivity contribution >= 4 is 21.8 Å². The molecular weight excluding hydrogens is 282 g/mol. The van der Waals surface area contributed by atoms with Crippen molar-refractivity contribution in [2.75, 3.05) is 13.6 Å². The highest BCUT2D eigenvalue weighted by atomic mass is 79.9. The number of hydrogen-bond acceptors (Lipinski definition) is 2. The van der Waals surface area contributed by atoms with Crippen molar-refractivity contribution in [2.24, 2.45) is 0 Å². The molecule has 1 fully saturated rings. The number of carbonyl (C=O) groups is 1. The second-order valence-electron chi connectivity index (χ2n) is 4.32. The first-order valence-electron chi connectivity index (χ1n) is 5.63. The van der Waals surface area contributed by atoms with Gasteiger partial charge in [0.25, 0.3) is 5.91 Å². The van der Waals surface area contributed by atoms with E-state index in [-0.39, 0.29) is 5.91 Å². The highest BCUT2D eigenvalue weighted by molar-refractivity contribution is 9.10. The third-order valence-corrected chi connectivity index (χ3v) is 3.31. The van der Waals surface area contributed by atoms with Gasteiger partial charge in [-0.2, -0.15) is 5.26 Å². The fourth-order valence-electron chi connectivity index (χ4n) is 1.79. The lowest BCUT2D eigenvalue weighted by Crippen LogP contribution is -2.29. The zero-order valence-corrected chi connectivity index (χ0v) is 11.3. The van der Waals surface area contributed by atoms with Crippen LogP contribution in [0.4, 0.5) is 0 Å². The molecule has 0 radical (unpaired) electrons. The summed E-state index contributed by atoms with van der Waals surface area (Å²) in [6.45, 7) is 0.475. The summed E-state index contributed by atoms with van der Waals surface area (Å²) in [5.41, 5.74) is 0.708. The Kier molecular flexibility index (Phi) is 3.53. The molecule has 17 heavy (non-hydrogen) atoms. The van der Waals surface area contributed by atoms with Gasteiger partial charge in [-0.15, -0.1) is 0 Å². The molecule has 1 aliphatic carbocycles. The van der Waals surface area contributed by atoms with Crippen molar-refractivity contribution in [1.29, 1.82) is 5.26 Å². The summed E-state index contributed by atoms with van der Waals surface area (Å²) in [6, 6.07) is 4.38. The third kappa shape index (κ3) is 2.70. The molecule has 1 heterocycles. The molecule has 1 aromatic rings. The fourth-order valence-corrected chi connectivity index (χ4v) is 2.22. The average Bonchev–Trinajstić information content (AvgIpc) is 3.08. The summed E-state index contributed by atoms with van der Waals surface area (Å²) in [7, 11) is 1.73. The third-order valence-electron chi connectivity index (χ3n) is 2.88. The molecule has 5 heteroatoms. The maximum Gasteiger partial charge on any atom is 0.270 e. The summed E-state index contributed by atoms with van der Waals surface area (Å²) >= 11 is 3.41. The van der Waals surface area contributed by atoms with Crippen LogP contribution in [0.25, 0.3) is 0 Å². The van der Waals surface area contributed by atoms with Gasteiger partial charge in [-0.25, -0.2) is 0 Å². The van der Waals surface area contributed by atoms with Crippen LogP contribution >= 0.6 is 15.9 Å². The molecule has 0 aliphatic heterocycles. The highest BCUT2D eigenvalue weighted by Gasteiger charge is 2.28. The Hall–Kier alpha value is -1.28. The lowest BCUT2D eigenvalue weighted by Gasteiger charge is -2.16. The topological polar surface area (TPSA) is 49.0 Å². The van der Waals surface area contributed by atoms with Crippen LogP contribution in [0, 0.1) is 11.3 Å². The molecule has 1 aliphatic rings. The van der Waals surface area contributed by atoms with Crippen LogP contribution in [-0.4, -0.2) is 29.0 Å². The van der Waals surface area contributed by atoms with E-state index >= 15 is 0 Å². The lowest BCUT2D eigenvalue weighted by molar-refractivity contribution is 0.0787. The first-order chi connectivity index (χ1) is 8.13. The second-order valence-corrected chi connectivity index (χ2v) is 5.23. The quantitative estimate of drug-likeness (QED) is 0.857. The van der Waals surface area contributed by atoms with Gasteiger partial charge < -0.3 is 9.47 Å². The molecule has 1 saturated carbocycles. The molecule has 90 valence electrons. The molecule has 0 spiro atoms. The van der Waals surface area contributed by atoms with Gasteiger partial charge in [0.1, 0.15) is 5.69 Å². The van der Waals surface area contributed by atoms with E-state index in [9.17, 15) is 4.79 Å². The van der Waals surface area contributed by atoms with E-state index in [1.165, 1.54) is 0 Å². The van der Waals surface area contributed by atoms with Gasteiger partial charge in [0.15, 0.2) is 0 Å². The van der Waals surface area contributed by atoms with Crippen LogP contribution in [0.2, 0.25) is 0 Å². The summed E-state index contributed by atoms with van der Waals surface area (Å²) in [5, 5.41) is 8.52. The van der Waals surface area contributed by atoms with Crippen LogP contribution in [0.1, 0.15) is 35.8 Å². The van der Waals surface area contributed by atoms with Gasteiger partial charge in [-0.1, -0.05) is 0 Å². The number of nitriles is 1. The lowest BCUT2D eigenvalue weighted by atomic mass is 10.3. The van der Waals surface area contributed by atoms with E-state index in [0.29, 0.717) is 24.7 Å². The van der Waals surface area contributed by atoms with E-state index < -0.39 is 0 Å². The zero-order chi connectivity index (χ0) is 12.4. The predicted molar refractivity (Wildman–Crippen MR) is 67.6 cm³/mol. The van der Waals surface area contributed by atoms with E-state index in [1.54, 1.807) is 11.9 Å². The fraction of sp³-hybridized carbons (Fsp3) is 0.500. The Bertz CT molecular complexity index is 471. The molecule has 0 N–H and O–H groups in total. The molecule has 4 nitrogen and oxygen atoms in total. The molecular formula is C12H14BrN3O. The zero-order valence-electron chi connectivity index (χ0n) is 9.69. The number of hydrogen-bond donors (Lipinski definition) is 0. The van der Waals surface area contributed by atoms with Crippen LogP contribution in [0.3, 0.4) is 0 Å². The number of aromatic nitrogens is 1. The van der Waals surface area contributed by atoms with Crippen molar-refractivity contribution in [2.45, 2.75) is 25.3 Å². The number of halogens is 1. The predicted octanol–water partition coefficient (Wildman–Crippen LogP) is 2.57. The van der Waals surface area contributed by atoms with Crippen molar-refractivity contribution in [3.63, 3.8) is 0 Å². The average molecular weight is 296 g/mol. The second kappa shape index (κ2) is 4.92. The van der Waals surface area contributed by atoms with Gasteiger partial charge in [0.05, 0.1) is 12.5 Å². The smallest absolute Gasteiger partial charge is 0.270 e. The number of amides is 1.